The van der Waals surface area contributed by atoms with Crippen LogP contribution in [-0.2, 0) is 10.0 Å². The van der Waals surface area contributed by atoms with Gasteiger partial charge in [0.15, 0.2) is 0 Å². The van der Waals surface area contributed by atoms with Gasteiger partial charge in [-0.15, -0.1) is 0 Å². The molecule has 2 unspecified atom stereocenters. The van der Waals surface area contributed by atoms with Crippen LogP contribution in [0.1, 0.15) is 12.0 Å². The van der Waals surface area contributed by atoms with Gasteiger partial charge in [-0.3, -0.25) is 0 Å². The number of nitrogens with zero attached hydrogens (tertiary/aromatic N) is 2. The van der Waals surface area contributed by atoms with Gasteiger partial charge in [0, 0.05) is 25.2 Å². The smallest absolute Gasteiger partial charge is 0.243 e. The van der Waals surface area contributed by atoms with Gasteiger partial charge in [0.1, 0.15) is 0 Å². The van der Waals surface area contributed by atoms with Crippen LogP contribution in [0, 0.1) is 6.92 Å². The molecule has 0 aliphatic carbocycles. The fourth-order valence-corrected chi connectivity index (χ4v) is 4.63. The fourth-order valence-electron chi connectivity index (χ4n) is 2.97. The lowest BCUT2D eigenvalue weighted by Crippen LogP contribution is -2.47. The maximum Gasteiger partial charge on any atom is 0.243 e. The molecule has 2 bridgehead atoms. The monoisotopic (exact) mass is 266 g/mol. The first-order chi connectivity index (χ1) is 8.48. The van der Waals surface area contributed by atoms with Crippen molar-refractivity contribution in [2.24, 2.45) is 0 Å². The summed E-state index contributed by atoms with van der Waals surface area (Å²) in [5.41, 5.74) is 1.08. The van der Waals surface area contributed by atoms with E-state index >= 15 is 0 Å². The predicted molar refractivity (Wildman–Crippen MR) is 69.9 cm³/mol. The molecule has 0 aromatic heterocycles. The zero-order valence-corrected chi connectivity index (χ0v) is 11.5. The van der Waals surface area contributed by atoms with Crippen molar-refractivity contribution < 1.29 is 8.42 Å². The van der Waals surface area contributed by atoms with E-state index in [9.17, 15) is 8.42 Å². The highest BCUT2D eigenvalue weighted by atomic mass is 32.2. The lowest BCUT2D eigenvalue weighted by Gasteiger charge is -2.31. The molecule has 18 heavy (non-hydrogen) atoms. The number of piperazine rings is 1. The first kappa shape index (κ1) is 12.1. The van der Waals surface area contributed by atoms with E-state index in [1.165, 1.54) is 0 Å². The highest BCUT2D eigenvalue weighted by molar-refractivity contribution is 7.89. The minimum Gasteiger partial charge on any atom is -0.300 e. The van der Waals surface area contributed by atoms with Crippen LogP contribution in [0.2, 0.25) is 0 Å². The number of fused-ring (bicyclic) bond motifs is 2. The summed E-state index contributed by atoms with van der Waals surface area (Å²) in [4.78, 5) is 2.68. The molecule has 1 aromatic carbocycles. The third kappa shape index (κ3) is 1.77. The second kappa shape index (κ2) is 4.05. The zero-order valence-electron chi connectivity index (χ0n) is 10.7. The number of rotatable bonds is 2. The Labute approximate surface area is 108 Å². The summed E-state index contributed by atoms with van der Waals surface area (Å²) in [6, 6.07) is 7.68. The SMILES string of the molecule is Cc1ccc(S(=O)(=O)N2CC3CC2CN3C)cc1. The van der Waals surface area contributed by atoms with Crippen LogP contribution in [0.25, 0.3) is 0 Å². The Balaban J connectivity index is 1.90. The summed E-state index contributed by atoms with van der Waals surface area (Å²) in [6.07, 6.45) is 0.974. The number of likely N-dealkylation sites (N-methyl/N-ethyl adjacent to an activating group) is 1. The van der Waals surface area contributed by atoms with Crippen molar-refractivity contribution in [3.8, 4) is 0 Å². The lowest BCUT2D eigenvalue weighted by molar-refractivity contribution is 0.216. The maximum absolute atomic E-state index is 12.5. The summed E-state index contributed by atoms with van der Waals surface area (Å²) in [5.74, 6) is 0. The van der Waals surface area contributed by atoms with E-state index in [-0.39, 0.29) is 6.04 Å². The Morgan fingerprint density at radius 2 is 1.78 bits per heavy atom. The second-order valence-corrected chi connectivity index (χ2v) is 7.26. The molecule has 98 valence electrons. The number of hydrogen-bond donors (Lipinski definition) is 0. The minimum atomic E-state index is -3.30. The van der Waals surface area contributed by atoms with Gasteiger partial charge in [-0.25, -0.2) is 8.42 Å². The van der Waals surface area contributed by atoms with Crippen LogP contribution in [0.15, 0.2) is 29.2 Å². The molecule has 2 saturated heterocycles. The van der Waals surface area contributed by atoms with Gasteiger partial charge in [-0.2, -0.15) is 4.31 Å². The van der Waals surface area contributed by atoms with Gasteiger partial charge < -0.3 is 4.90 Å². The van der Waals surface area contributed by atoms with E-state index < -0.39 is 10.0 Å². The molecule has 4 nitrogen and oxygen atoms in total. The summed E-state index contributed by atoms with van der Waals surface area (Å²) in [5, 5.41) is 0. The molecule has 5 heteroatoms. The van der Waals surface area contributed by atoms with Crippen LogP contribution >= 0.6 is 0 Å². The summed E-state index contributed by atoms with van der Waals surface area (Å²) >= 11 is 0. The number of aryl methyl sites for hydroxylation is 1. The molecule has 0 saturated carbocycles. The normalized spacial score (nSPS) is 29.0. The summed E-state index contributed by atoms with van der Waals surface area (Å²) < 4.78 is 26.8. The predicted octanol–water partition coefficient (Wildman–Crippen LogP) is 1.07. The molecule has 2 atom stereocenters. The van der Waals surface area contributed by atoms with Gasteiger partial charge in [-0.1, -0.05) is 17.7 Å². The van der Waals surface area contributed by atoms with E-state index in [1.54, 1.807) is 16.4 Å². The Morgan fingerprint density at radius 3 is 2.28 bits per heavy atom. The van der Waals surface area contributed by atoms with Gasteiger partial charge in [0.25, 0.3) is 0 Å². The molecule has 3 rings (SSSR count). The average molecular weight is 266 g/mol. The molecule has 2 fully saturated rings. The van der Waals surface area contributed by atoms with Crippen LogP contribution in [0.4, 0.5) is 0 Å². The number of benzene rings is 1. The average Bonchev–Trinajstić information content (AvgIpc) is 2.88. The van der Waals surface area contributed by atoms with E-state index in [4.69, 9.17) is 0 Å². The Hall–Kier alpha value is -0.910. The van der Waals surface area contributed by atoms with Crippen molar-refractivity contribution >= 4 is 10.0 Å². The molecule has 1 aromatic rings. The molecular weight excluding hydrogens is 248 g/mol. The zero-order chi connectivity index (χ0) is 12.9. The third-order valence-electron chi connectivity index (χ3n) is 4.09. The van der Waals surface area contributed by atoms with Gasteiger partial charge in [-0.05, 0) is 32.5 Å². The quantitative estimate of drug-likeness (QED) is 0.804. The molecule has 2 aliphatic heterocycles. The number of hydrogen-bond acceptors (Lipinski definition) is 3. The van der Waals surface area contributed by atoms with E-state index in [0.717, 1.165) is 18.5 Å². The topological polar surface area (TPSA) is 40.6 Å². The van der Waals surface area contributed by atoms with Crippen LogP contribution in [-0.4, -0.2) is 49.8 Å². The van der Waals surface area contributed by atoms with Gasteiger partial charge in [0.2, 0.25) is 10.0 Å². The molecule has 0 N–H and O–H groups in total. The third-order valence-corrected chi connectivity index (χ3v) is 6.02. The van der Waals surface area contributed by atoms with Crippen molar-refractivity contribution in [1.29, 1.82) is 0 Å². The molecule has 2 heterocycles. The fraction of sp³-hybridized carbons (Fsp3) is 0.538. The standard InChI is InChI=1S/C13H18N2O2S/c1-10-3-5-13(6-4-10)18(16,17)15-9-11-7-12(15)8-14(11)2/h3-6,11-12H,7-9H2,1-2H3. The minimum absolute atomic E-state index is 0.159. The molecule has 0 spiro atoms. The van der Waals surface area contributed by atoms with Crippen molar-refractivity contribution in [1.82, 2.24) is 9.21 Å². The van der Waals surface area contributed by atoms with Crippen LogP contribution in [0.5, 0.6) is 0 Å². The summed E-state index contributed by atoms with van der Waals surface area (Å²) in [6.45, 7) is 3.45. The molecule has 0 radical (unpaired) electrons. The number of sulfonamides is 1. The Bertz CT molecular complexity index is 551. The first-order valence-corrected chi connectivity index (χ1v) is 7.71. The lowest BCUT2D eigenvalue weighted by atomic mass is 10.2. The van der Waals surface area contributed by atoms with Gasteiger partial charge >= 0.3 is 0 Å². The van der Waals surface area contributed by atoms with Crippen molar-refractivity contribution in [3.63, 3.8) is 0 Å². The highest BCUT2D eigenvalue weighted by Gasteiger charge is 2.46. The number of likely N-dealkylation sites (tertiary alicyclic amines) is 1. The van der Waals surface area contributed by atoms with Crippen molar-refractivity contribution in [2.75, 3.05) is 20.1 Å². The maximum atomic E-state index is 12.5. The Kier molecular flexibility index (Phi) is 2.73. The van der Waals surface area contributed by atoms with Gasteiger partial charge in [0.05, 0.1) is 4.90 Å². The second-order valence-electron chi connectivity index (χ2n) is 5.37. The summed E-state index contributed by atoms with van der Waals surface area (Å²) in [7, 11) is -1.23. The van der Waals surface area contributed by atoms with E-state index in [2.05, 4.69) is 11.9 Å². The van der Waals surface area contributed by atoms with Crippen LogP contribution < -0.4 is 0 Å². The molecule has 2 aliphatic rings. The van der Waals surface area contributed by atoms with Crippen molar-refractivity contribution in [3.05, 3.63) is 29.8 Å². The highest BCUT2D eigenvalue weighted by Crippen LogP contribution is 2.33. The van der Waals surface area contributed by atoms with E-state index in [0.29, 0.717) is 17.5 Å². The van der Waals surface area contributed by atoms with E-state index in [1.807, 2.05) is 19.1 Å². The molecular formula is C13H18N2O2S. The van der Waals surface area contributed by atoms with Crippen molar-refractivity contribution in [2.45, 2.75) is 30.3 Å². The Morgan fingerprint density at radius 1 is 1.11 bits per heavy atom. The first-order valence-electron chi connectivity index (χ1n) is 6.27. The van der Waals surface area contributed by atoms with Crippen LogP contribution in [0.3, 0.4) is 0 Å². The largest absolute Gasteiger partial charge is 0.300 e. The molecule has 0 amide bonds.